The Morgan fingerprint density at radius 1 is 0.760 bits per heavy atom. The van der Waals surface area contributed by atoms with Crippen molar-refractivity contribution >= 4 is 0 Å². The van der Waals surface area contributed by atoms with Gasteiger partial charge in [-0.15, -0.1) is 0 Å². The monoisotopic (exact) mass is 330 g/mol. The SMILES string of the molecule is O=c1c(-c2cccc(F)c2)c(-c2ccccc2)[nH]n1-c1ccccc1. The van der Waals surface area contributed by atoms with Crippen LogP contribution in [-0.4, -0.2) is 9.78 Å². The van der Waals surface area contributed by atoms with Crippen LogP contribution in [0.25, 0.3) is 28.1 Å². The lowest BCUT2D eigenvalue weighted by atomic mass is 10.0. The zero-order valence-electron chi connectivity index (χ0n) is 13.3. The van der Waals surface area contributed by atoms with Crippen molar-refractivity contribution in [2.24, 2.45) is 0 Å². The van der Waals surface area contributed by atoms with Crippen LogP contribution < -0.4 is 5.56 Å². The number of nitrogens with one attached hydrogen (secondary N) is 1. The van der Waals surface area contributed by atoms with E-state index < -0.39 is 0 Å². The van der Waals surface area contributed by atoms with Gasteiger partial charge >= 0.3 is 0 Å². The first-order valence-corrected chi connectivity index (χ1v) is 7.96. The standard InChI is InChI=1S/C21H15FN2O/c22-17-11-7-10-16(14-17)19-20(15-8-3-1-4-9-15)23-24(21(19)25)18-12-5-2-6-13-18/h1-14,23H. The van der Waals surface area contributed by atoms with Gasteiger partial charge < -0.3 is 0 Å². The van der Waals surface area contributed by atoms with Gasteiger partial charge in [0.2, 0.25) is 0 Å². The lowest BCUT2D eigenvalue weighted by Crippen LogP contribution is -2.15. The highest BCUT2D eigenvalue weighted by atomic mass is 19.1. The first-order chi connectivity index (χ1) is 12.2. The van der Waals surface area contributed by atoms with Crippen molar-refractivity contribution in [3.63, 3.8) is 0 Å². The number of aromatic amines is 1. The first kappa shape index (κ1) is 15.1. The molecule has 4 aromatic rings. The Labute approximate surface area is 144 Å². The molecule has 0 atom stereocenters. The number of halogens is 1. The molecule has 0 spiro atoms. The minimum absolute atomic E-state index is 0.212. The van der Waals surface area contributed by atoms with Crippen LogP contribution in [0.15, 0.2) is 89.7 Å². The average molecular weight is 330 g/mol. The minimum Gasteiger partial charge on any atom is -0.290 e. The molecule has 0 aliphatic carbocycles. The van der Waals surface area contributed by atoms with Gasteiger partial charge in [-0.05, 0) is 29.8 Å². The molecule has 4 heteroatoms. The van der Waals surface area contributed by atoms with Gasteiger partial charge in [-0.1, -0.05) is 60.7 Å². The van der Waals surface area contributed by atoms with Crippen molar-refractivity contribution in [1.29, 1.82) is 0 Å². The summed E-state index contributed by atoms with van der Waals surface area (Å²) in [5.74, 6) is -0.372. The molecule has 0 amide bonds. The second-order valence-electron chi connectivity index (χ2n) is 5.71. The Morgan fingerprint density at radius 2 is 1.40 bits per heavy atom. The first-order valence-electron chi connectivity index (χ1n) is 7.96. The van der Waals surface area contributed by atoms with Crippen molar-refractivity contribution in [2.45, 2.75) is 0 Å². The molecule has 0 bridgehead atoms. The molecule has 0 saturated heterocycles. The average Bonchev–Trinajstić information content (AvgIpc) is 3.00. The summed E-state index contributed by atoms with van der Waals surface area (Å²) < 4.78 is 15.2. The summed E-state index contributed by atoms with van der Waals surface area (Å²) in [5.41, 5.74) is 3.06. The maximum atomic E-state index is 13.7. The second-order valence-corrected chi connectivity index (χ2v) is 5.71. The second kappa shape index (κ2) is 6.24. The molecule has 25 heavy (non-hydrogen) atoms. The van der Waals surface area contributed by atoms with E-state index in [1.807, 2.05) is 60.7 Å². The van der Waals surface area contributed by atoms with Crippen LogP contribution in [-0.2, 0) is 0 Å². The molecule has 1 N–H and O–H groups in total. The highest BCUT2D eigenvalue weighted by Gasteiger charge is 2.18. The van der Waals surface area contributed by atoms with Crippen molar-refractivity contribution in [1.82, 2.24) is 9.78 Å². The van der Waals surface area contributed by atoms with E-state index in [2.05, 4.69) is 5.10 Å². The third kappa shape index (κ3) is 2.78. The molecule has 0 fully saturated rings. The van der Waals surface area contributed by atoms with E-state index in [0.29, 0.717) is 16.8 Å². The number of para-hydroxylation sites is 1. The van der Waals surface area contributed by atoms with E-state index in [0.717, 1.165) is 11.3 Å². The number of aromatic nitrogens is 2. The Morgan fingerprint density at radius 3 is 2.08 bits per heavy atom. The third-order valence-electron chi connectivity index (χ3n) is 4.08. The molecule has 0 radical (unpaired) electrons. The van der Waals surface area contributed by atoms with Crippen LogP contribution in [0.3, 0.4) is 0 Å². The summed E-state index contributed by atoms with van der Waals surface area (Å²) in [4.78, 5) is 13.1. The molecule has 4 rings (SSSR count). The number of nitrogens with zero attached hydrogens (tertiary/aromatic N) is 1. The Bertz CT molecular complexity index is 1070. The number of benzene rings is 3. The predicted molar refractivity (Wildman–Crippen MR) is 97.2 cm³/mol. The van der Waals surface area contributed by atoms with Gasteiger partial charge in [0.05, 0.1) is 16.9 Å². The molecule has 0 aliphatic heterocycles. The molecule has 0 aliphatic rings. The molecule has 3 nitrogen and oxygen atoms in total. The van der Waals surface area contributed by atoms with Crippen LogP contribution in [0, 0.1) is 5.82 Å². The van der Waals surface area contributed by atoms with Crippen molar-refractivity contribution in [3.8, 4) is 28.1 Å². The van der Waals surface area contributed by atoms with E-state index in [9.17, 15) is 9.18 Å². The lowest BCUT2D eigenvalue weighted by Gasteiger charge is -2.03. The fraction of sp³-hybridized carbons (Fsp3) is 0. The summed E-state index contributed by atoms with van der Waals surface area (Å²) in [7, 11) is 0. The van der Waals surface area contributed by atoms with E-state index in [1.165, 1.54) is 16.8 Å². The summed E-state index contributed by atoms with van der Waals surface area (Å²) in [6, 6.07) is 25.0. The third-order valence-corrected chi connectivity index (χ3v) is 4.08. The van der Waals surface area contributed by atoms with Gasteiger partial charge in [-0.3, -0.25) is 9.89 Å². The molecular weight excluding hydrogens is 315 g/mol. The maximum absolute atomic E-state index is 13.7. The summed E-state index contributed by atoms with van der Waals surface area (Å²) in [5, 5.41) is 3.18. The normalized spacial score (nSPS) is 10.8. The fourth-order valence-corrected chi connectivity index (χ4v) is 2.92. The van der Waals surface area contributed by atoms with Gasteiger partial charge in [0, 0.05) is 5.56 Å². The van der Waals surface area contributed by atoms with E-state index in [4.69, 9.17) is 0 Å². The van der Waals surface area contributed by atoms with Crippen molar-refractivity contribution in [3.05, 3.63) is 101 Å². The van der Waals surface area contributed by atoms with Crippen LogP contribution >= 0.6 is 0 Å². The number of H-pyrrole nitrogens is 1. The predicted octanol–water partition coefficient (Wildman–Crippen LogP) is 4.64. The smallest absolute Gasteiger partial charge is 0.279 e. The lowest BCUT2D eigenvalue weighted by molar-refractivity contribution is 0.628. The molecular formula is C21H15FN2O. The topological polar surface area (TPSA) is 37.8 Å². The van der Waals surface area contributed by atoms with Gasteiger partial charge in [-0.25, -0.2) is 9.07 Å². The molecule has 0 unspecified atom stereocenters. The van der Waals surface area contributed by atoms with Gasteiger partial charge in [0.1, 0.15) is 5.82 Å². The van der Waals surface area contributed by atoms with Gasteiger partial charge in [0.25, 0.3) is 5.56 Å². The van der Waals surface area contributed by atoms with Gasteiger partial charge in [-0.2, -0.15) is 0 Å². The zero-order chi connectivity index (χ0) is 17.2. The van der Waals surface area contributed by atoms with E-state index in [1.54, 1.807) is 12.1 Å². The molecule has 1 heterocycles. The van der Waals surface area contributed by atoms with Crippen LogP contribution in [0.1, 0.15) is 0 Å². The van der Waals surface area contributed by atoms with Crippen LogP contribution in [0.2, 0.25) is 0 Å². The Hall–Kier alpha value is -3.40. The number of rotatable bonds is 3. The highest BCUT2D eigenvalue weighted by molar-refractivity contribution is 5.80. The van der Waals surface area contributed by atoms with Crippen molar-refractivity contribution in [2.75, 3.05) is 0 Å². The highest BCUT2D eigenvalue weighted by Crippen LogP contribution is 2.29. The maximum Gasteiger partial charge on any atom is 0.279 e. The van der Waals surface area contributed by atoms with Crippen molar-refractivity contribution < 1.29 is 4.39 Å². The quantitative estimate of drug-likeness (QED) is 0.584. The zero-order valence-corrected chi connectivity index (χ0v) is 13.3. The molecule has 122 valence electrons. The minimum atomic E-state index is -0.372. The molecule has 3 aromatic carbocycles. The summed E-state index contributed by atoms with van der Waals surface area (Å²) >= 11 is 0. The summed E-state index contributed by atoms with van der Waals surface area (Å²) in [6.45, 7) is 0. The van der Waals surface area contributed by atoms with Crippen LogP contribution in [0.4, 0.5) is 4.39 Å². The fourth-order valence-electron chi connectivity index (χ4n) is 2.92. The Kier molecular flexibility index (Phi) is 3.78. The molecule has 0 saturated carbocycles. The van der Waals surface area contributed by atoms with Gasteiger partial charge in [0.15, 0.2) is 0 Å². The van der Waals surface area contributed by atoms with E-state index >= 15 is 0 Å². The van der Waals surface area contributed by atoms with Crippen LogP contribution in [0.5, 0.6) is 0 Å². The number of hydrogen-bond donors (Lipinski definition) is 1. The largest absolute Gasteiger partial charge is 0.290 e. The Balaban J connectivity index is 2.01. The number of hydrogen-bond acceptors (Lipinski definition) is 1. The molecule has 1 aromatic heterocycles. The summed E-state index contributed by atoms with van der Waals surface area (Å²) in [6.07, 6.45) is 0. The van der Waals surface area contributed by atoms with E-state index in [-0.39, 0.29) is 11.4 Å².